The molecule has 3 rings (SSSR count). The first-order valence-electron chi connectivity index (χ1n) is 8.94. The van der Waals surface area contributed by atoms with Crippen LogP contribution in [-0.4, -0.2) is 48.3 Å². The fourth-order valence-corrected chi connectivity index (χ4v) is 4.00. The zero-order chi connectivity index (χ0) is 15.4. The number of hydrogen-bond donors (Lipinski definition) is 1. The second-order valence-electron chi connectivity index (χ2n) is 7.12. The summed E-state index contributed by atoms with van der Waals surface area (Å²) in [6, 6.07) is 11.4. The van der Waals surface area contributed by atoms with Crippen molar-refractivity contribution in [2.45, 2.75) is 51.2 Å². The highest BCUT2D eigenvalue weighted by Crippen LogP contribution is 2.26. The van der Waals surface area contributed by atoms with Gasteiger partial charge in [-0.3, -0.25) is 0 Å². The Morgan fingerprint density at radius 3 is 2.45 bits per heavy atom. The van der Waals surface area contributed by atoms with Crippen LogP contribution in [0.25, 0.3) is 0 Å². The van der Waals surface area contributed by atoms with Gasteiger partial charge in [0.05, 0.1) is 6.10 Å². The predicted octanol–water partition coefficient (Wildman–Crippen LogP) is 3.14. The molecule has 0 aromatic heterocycles. The molecular formula is C19H30N2O. The maximum absolute atomic E-state index is 9.72. The first-order chi connectivity index (χ1) is 10.7. The van der Waals surface area contributed by atoms with Crippen molar-refractivity contribution < 1.29 is 5.11 Å². The van der Waals surface area contributed by atoms with E-state index >= 15 is 0 Å². The molecule has 2 fully saturated rings. The first-order valence-corrected chi connectivity index (χ1v) is 8.94. The van der Waals surface area contributed by atoms with Crippen LogP contribution in [0, 0.1) is 5.92 Å². The maximum atomic E-state index is 9.72. The number of nitrogens with zero attached hydrogens (tertiary/aromatic N) is 2. The topological polar surface area (TPSA) is 26.7 Å². The number of rotatable bonds is 4. The fourth-order valence-electron chi connectivity index (χ4n) is 4.00. The summed E-state index contributed by atoms with van der Waals surface area (Å²) in [4.78, 5) is 5.10. The van der Waals surface area contributed by atoms with Gasteiger partial charge in [0.1, 0.15) is 0 Å². The molecule has 0 amide bonds. The lowest BCUT2D eigenvalue weighted by atomic mass is 9.92. The number of likely N-dealkylation sites (tertiary alicyclic amines) is 1. The first kappa shape index (κ1) is 15.8. The molecule has 2 aliphatic heterocycles. The van der Waals surface area contributed by atoms with Gasteiger partial charge < -0.3 is 14.9 Å². The average Bonchev–Trinajstić information content (AvgIpc) is 2.55. The highest BCUT2D eigenvalue weighted by atomic mass is 16.3. The van der Waals surface area contributed by atoms with Gasteiger partial charge in [-0.25, -0.2) is 0 Å². The van der Waals surface area contributed by atoms with E-state index < -0.39 is 0 Å². The number of hydrogen-bond acceptors (Lipinski definition) is 3. The fraction of sp³-hybridized carbons (Fsp3) is 0.684. The van der Waals surface area contributed by atoms with E-state index in [1.165, 1.54) is 44.6 Å². The van der Waals surface area contributed by atoms with E-state index in [4.69, 9.17) is 0 Å². The lowest BCUT2D eigenvalue weighted by molar-refractivity contribution is 0.0448. The second-order valence-corrected chi connectivity index (χ2v) is 7.12. The molecule has 2 atom stereocenters. The average molecular weight is 302 g/mol. The molecule has 2 saturated heterocycles. The van der Waals surface area contributed by atoms with E-state index in [1.54, 1.807) is 0 Å². The van der Waals surface area contributed by atoms with Crippen molar-refractivity contribution in [1.82, 2.24) is 4.90 Å². The van der Waals surface area contributed by atoms with Crippen molar-refractivity contribution in [3.63, 3.8) is 0 Å². The van der Waals surface area contributed by atoms with Gasteiger partial charge in [-0.2, -0.15) is 0 Å². The van der Waals surface area contributed by atoms with Gasteiger partial charge in [0.2, 0.25) is 0 Å². The molecule has 1 aromatic rings. The van der Waals surface area contributed by atoms with Gasteiger partial charge in [-0.15, -0.1) is 0 Å². The van der Waals surface area contributed by atoms with Crippen LogP contribution in [0.15, 0.2) is 30.3 Å². The molecule has 2 unspecified atom stereocenters. The van der Waals surface area contributed by atoms with Crippen LogP contribution in [0.3, 0.4) is 0 Å². The Morgan fingerprint density at radius 2 is 1.77 bits per heavy atom. The molecule has 0 aliphatic carbocycles. The molecule has 1 N–H and O–H groups in total. The van der Waals surface area contributed by atoms with E-state index in [9.17, 15) is 5.11 Å². The predicted molar refractivity (Wildman–Crippen MR) is 92.3 cm³/mol. The van der Waals surface area contributed by atoms with Crippen LogP contribution < -0.4 is 4.90 Å². The number of aliphatic hydroxyl groups is 1. The number of para-hydroxylation sites is 1. The molecule has 2 aliphatic rings. The van der Waals surface area contributed by atoms with E-state index in [1.807, 2.05) is 0 Å². The SMILES string of the molecule is CC1CC(O)CCN1CCC1CCN(c2ccccc2)CC1. The van der Waals surface area contributed by atoms with Crippen LogP contribution in [0.2, 0.25) is 0 Å². The van der Waals surface area contributed by atoms with Crippen LogP contribution in [0.1, 0.15) is 39.0 Å². The van der Waals surface area contributed by atoms with Crippen molar-refractivity contribution >= 4 is 5.69 Å². The summed E-state index contributed by atoms with van der Waals surface area (Å²) >= 11 is 0. The van der Waals surface area contributed by atoms with Crippen molar-refractivity contribution in [2.24, 2.45) is 5.92 Å². The minimum Gasteiger partial charge on any atom is -0.393 e. The smallest absolute Gasteiger partial charge is 0.0567 e. The Kier molecular flexibility index (Phi) is 5.37. The number of anilines is 1. The molecular weight excluding hydrogens is 272 g/mol. The third-order valence-electron chi connectivity index (χ3n) is 5.55. The minimum absolute atomic E-state index is 0.0691. The third-order valence-corrected chi connectivity index (χ3v) is 5.55. The normalized spacial score (nSPS) is 28.0. The summed E-state index contributed by atoms with van der Waals surface area (Å²) in [5.74, 6) is 0.874. The van der Waals surface area contributed by atoms with E-state index in [-0.39, 0.29) is 6.10 Å². The van der Waals surface area contributed by atoms with Gasteiger partial charge in [0.25, 0.3) is 0 Å². The van der Waals surface area contributed by atoms with E-state index in [0.29, 0.717) is 6.04 Å². The Balaban J connectivity index is 1.41. The molecule has 0 saturated carbocycles. The molecule has 0 spiro atoms. The van der Waals surface area contributed by atoms with Crippen LogP contribution >= 0.6 is 0 Å². The summed E-state index contributed by atoms with van der Waals surface area (Å²) in [5.41, 5.74) is 1.37. The summed E-state index contributed by atoms with van der Waals surface area (Å²) in [6.07, 6.45) is 5.80. The Labute approximate surface area is 134 Å². The molecule has 22 heavy (non-hydrogen) atoms. The number of benzene rings is 1. The van der Waals surface area contributed by atoms with Gasteiger partial charge in [0.15, 0.2) is 0 Å². The van der Waals surface area contributed by atoms with Crippen molar-refractivity contribution in [3.05, 3.63) is 30.3 Å². The summed E-state index contributed by atoms with van der Waals surface area (Å²) < 4.78 is 0. The second kappa shape index (κ2) is 7.47. The van der Waals surface area contributed by atoms with Gasteiger partial charge >= 0.3 is 0 Å². The van der Waals surface area contributed by atoms with Crippen molar-refractivity contribution in [1.29, 1.82) is 0 Å². The maximum Gasteiger partial charge on any atom is 0.0567 e. The van der Waals surface area contributed by atoms with Gasteiger partial charge in [-0.05, 0) is 63.6 Å². The molecule has 3 heteroatoms. The lowest BCUT2D eigenvalue weighted by Gasteiger charge is -2.38. The Hall–Kier alpha value is -1.06. The largest absolute Gasteiger partial charge is 0.393 e. The monoisotopic (exact) mass is 302 g/mol. The zero-order valence-corrected chi connectivity index (χ0v) is 13.8. The van der Waals surface area contributed by atoms with Crippen molar-refractivity contribution in [3.8, 4) is 0 Å². The van der Waals surface area contributed by atoms with Gasteiger partial charge in [0, 0.05) is 31.4 Å². The zero-order valence-electron chi connectivity index (χ0n) is 13.8. The summed E-state index contributed by atoms with van der Waals surface area (Å²) in [6.45, 7) is 6.95. The van der Waals surface area contributed by atoms with Crippen molar-refractivity contribution in [2.75, 3.05) is 31.1 Å². The van der Waals surface area contributed by atoms with E-state index in [0.717, 1.165) is 25.3 Å². The summed E-state index contributed by atoms with van der Waals surface area (Å²) in [7, 11) is 0. The minimum atomic E-state index is -0.0691. The molecule has 2 heterocycles. The standard InChI is InChI=1S/C19H30N2O/c1-16-15-19(22)10-14-20(16)11-7-17-8-12-21(13-9-17)18-5-3-2-4-6-18/h2-6,16-17,19,22H,7-15H2,1H3. The van der Waals surface area contributed by atoms with Crippen LogP contribution in [0.5, 0.6) is 0 Å². The van der Waals surface area contributed by atoms with Gasteiger partial charge in [-0.1, -0.05) is 18.2 Å². The summed E-state index contributed by atoms with van der Waals surface area (Å²) in [5, 5.41) is 9.72. The van der Waals surface area contributed by atoms with Crippen LogP contribution in [-0.2, 0) is 0 Å². The molecule has 0 bridgehead atoms. The molecule has 122 valence electrons. The quantitative estimate of drug-likeness (QED) is 0.925. The molecule has 0 radical (unpaired) electrons. The highest BCUT2D eigenvalue weighted by molar-refractivity contribution is 5.46. The lowest BCUT2D eigenvalue weighted by Crippen LogP contribution is -2.44. The molecule has 1 aromatic carbocycles. The number of aliphatic hydroxyl groups excluding tert-OH is 1. The third kappa shape index (κ3) is 4.02. The van der Waals surface area contributed by atoms with E-state index in [2.05, 4.69) is 47.1 Å². The Morgan fingerprint density at radius 1 is 1.05 bits per heavy atom. The number of piperidine rings is 2. The highest BCUT2D eigenvalue weighted by Gasteiger charge is 2.25. The Bertz CT molecular complexity index is 442. The van der Waals surface area contributed by atoms with Crippen LogP contribution in [0.4, 0.5) is 5.69 Å². The molecule has 3 nitrogen and oxygen atoms in total.